The lowest BCUT2D eigenvalue weighted by molar-refractivity contribution is -0.0864. The summed E-state index contributed by atoms with van der Waals surface area (Å²) in [5.74, 6) is -0.582. The van der Waals surface area contributed by atoms with Crippen LogP contribution in [0.1, 0.15) is 19.3 Å². The topological polar surface area (TPSA) is 78.4 Å². The number of hydrazone groups is 1. The molecule has 0 unspecified atom stereocenters. The molecular formula is C12H19F3N6. The van der Waals surface area contributed by atoms with Crippen LogP contribution in [0.25, 0.3) is 0 Å². The van der Waals surface area contributed by atoms with Crippen molar-refractivity contribution in [2.75, 3.05) is 20.1 Å². The lowest BCUT2D eigenvalue weighted by Gasteiger charge is -2.27. The number of piperidine rings is 1. The van der Waals surface area contributed by atoms with E-state index < -0.39 is 17.6 Å². The highest BCUT2D eigenvalue weighted by molar-refractivity contribution is 5.87. The van der Waals surface area contributed by atoms with Crippen molar-refractivity contribution in [3.05, 3.63) is 11.4 Å². The van der Waals surface area contributed by atoms with Gasteiger partial charge in [-0.3, -0.25) is 0 Å². The zero-order valence-electron chi connectivity index (χ0n) is 11.8. The lowest BCUT2D eigenvalue weighted by Crippen LogP contribution is -2.35. The summed E-state index contributed by atoms with van der Waals surface area (Å²) in [5, 5.41) is 3.34. The van der Waals surface area contributed by atoms with Crippen LogP contribution < -0.4 is 11.2 Å². The van der Waals surface area contributed by atoms with Crippen LogP contribution in [0.2, 0.25) is 0 Å². The molecule has 6 nitrogen and oxygen atoms in total. The smallest absolute Gasteiger partial charge is 0.383 e. The van der Waals surface area contributed by atoms with Crippen LogP contribution >= 0.6 is 0 Å². The highest BCUT2D eigenvalue weighted by Gasteiger charge is 2.35. The molecule has 0 radical (unpaired) electrons. The van der Waals surface area contributed by atoms with Crippen molar-refractivity contribution in [2.24, 2.45) is 20.8 Å². The summed E-state index contributed by atoms with van der Waals surface area (Å²) in [4.78, 5) is 9.22. The minimum atomic E-state index is -4.65. The quantitative estimate of drug-likeness (QED) is 0.471. The summed E-state index contributed by atoms with van der Waals surface area (Å²) in [6.07, 6.45) is -1.11. The van der Waals surface area contributed by atoms with E-state index in [4.69, 9.17) is 5.73 Å². The number of halogens is 3. The van der Waals surface area contributed by atoms with Crippen LogP contribution in [-0.4, -0.2) is 50.1 Å². The summed E-state index contributed by atoms with van der Waals surface area (Å²) in [6.45, 7) is 4.70. The van der Waals surface area contributed by atoms with Gasteiger partial charge in [0.25, 0.3) is 0 Å². The van der Waals surface area contributed by atoms with E-state index in [1.807, 2.05) is 0 Å². The number of hydrogen-bond donors (Lipinski definition) is 2. The molecule has 0 bridgehead atoms. The van der Waals surface area contributed by atoms with Gasteiger partial charge in [0, 0.05) is 20.1 Å². The van der Waals surface area contributed by atoms with Crippen LogP contribution in [0, 0.1) is 0 Å². The second-order valence-electron chi connectivity index (χ2n) is 4.40. The zero-order valence-corrected chi connectivity index (χ0v) is 11.8. The number of nitrogens with one attached hydrogen (secondary N) is 1. The van der Waals surface area contributed by atoms with Crippen molar-refractivity contribution >= 4 is 18.9 Å². The maximum absolute atomic E-state index is 12.9. The predicted molar refractivity (Wildman–Crippen MR) is 77.2 cm³/mol. The molecule has 0 aliphatic carbocycles. The highest BCUT2D eigenvalue weighted by Crippen LogP contribution is 2.26. The van der Waals surface area contributed by atoms with Gasteiger partial charge in [0.15, 0.2) is 0 Å². The number of nitrogens with zero attached hydrogens (tertiary/aromatic N) is 4. The van der Waals surface area contributed by atoms with Gasteiger partial charge in [-0.15, -0.1) is 0 Å². The Labute approximate surface area is 121 Å². The van der Waals surface area contributed by atoms with E-state index in [9.17, 15) is 13.2 Å². The zero-order chi connectivity index (χ0) is 15.9. The highest BCUT2D eigenvalue weighted by atomic mass is 19.4. The molecule has 118 valence electrons. The summed E-state index contributed by atoms with van der Waals surface area (Å²) in [7, 11) is 1.38. The molecule has 9 heteroatoms. The first-order chi connectivity index (χ1) is 9.90. The van der Waals surface area contributed by atoms with E-state index in [2.05, 4.69) is 27.2 Å². The Morgan fingerprint density at radius 2 is 1.90 bits per heavy atom. The number of allylic oxidation sites excluding steroid dienone is 1. The van der Waals surface area contributed by atoms with E-state index in [1.165, 1.54) is 7.05 Å². The molecule has 1 aliphatic heterocycles. The molecule has 0 aromatic heterocycles. The molecular weight excluding hydrogens is 285 g/mol. The fourth-order valence-electron chi connectivity index (χ4n) is 1.88. The molecule has 0 atom stereocenters. The van der Waals surface area contributed by atoms with E-state index >= 15 is 0 Å². The van der Waals surface area contributed by atoms with Gasteiger partial charge in [0.2, 0.25) is 5.96 Å². The van der Waals surface area contributed by atoms with Crippen molar-refractivity contribution < 1.29 is 13.2 Å². The minimum absolute atomic E-state index is 0.104. The summed E-state index contributed by atoms with van der Waals surface area (Å²) in [6, 6.07) is 0. The number of likely N-dealkylation sites (tertiary alicyclic amines) is 1. The van der Waals surface area contributed by atoms with Gasteiger partial charge in [0.05, 0.1) is 6.21 Å². The lowest BCUT2D eigenvalue weighted by atomic mass is 10.1. The molecule has 0 aromatic rings. The maximum Gasteiger partial charge on any atom is 0.421 e. The third kappa shape index (κ3) is 5.09. The summed E-state index contributed by atoms with van der Waals surface area (Å²) in [5.41, 5.74) is 6.58. The second kappa shape index (κ2) is 7.65. The number of alkyl halides is 3. The van der Waals surface area contributed by atoms with Crippen LogP contribution in [0.5, 0.6) is 0 Å². The second-order valence-corrected chi connectivity index (χ2v) is 4.40. The van der Waals surface area contributed by atoms with E-state index in [0.717, 1.165) is 19.3 Å². The number of aliphatic imine (C=N–C) groups is 2. The fourth-order valence-corrected chi connectivity index (χ4v) is 1.88. The van der Waals surface area contributed by atoms with E-state index in [0.29, 0.717) is 19.3 Å². The van der Waals surface area contributed by atoms with Crippen molar-refractivity contribution in [1.29, 1.82) is 0 Å². The molecule has 1 fully saturated rings. The SMILES string of the molecule is C=N\C(=N/C(N)=C(/C=N\NC)C(F)(F)F)N1CCCCC1. The Kier molecular flexibility index (Phi) is 6.19. The Hall–Kier alpha value is -2.06. The maximum atomic E-state index is 12.9. The van der Waals surface area contributed by atoms with Gasteiger partial charge in [0.1, 0.15) is 11.4 Å². The molecule has 1 aliphatic rings. The molecule has 1 saturated heterocycles. The number of nitrogens with two attached hydrogens (primary N) is 1. The standard InChI is InChI=1S/C12H19F3N6/c1-17-11(21-6-4-3-5-7-21)20-10(16)9(8-19-18-2)12(13,14)15/h8,18H,1,3-7,16H2,2H3/b10-9-,19-8-,20-11+. The molecule has 0 saturated carbocycles. The van der Waals surface area contributed by atoms with Gasteiger partial charge in [-0.25, -0.2) is 4.99 Å². The Morgan fingerprint density at radius 1 is 1.29 bits per heavy atom. The van der Waals surface area contributed by atoms with E-state index in [-0.39, 0.29) is 5.96 Å². The van der Waals surface area contributed by atoms with Crippen molar-refractivity contribution in [3.63, 3.8) is 0 Å². The summed E-state index contributed by atoms with van der Waals surface area (Å²) >= 11 is 0. The average molecular weight is 304 g/mol. The Bertz CT molecular complexity index is 446. The van der Waals surface area contributed by atoms with Crippen molar-refractivity contribution in [2.45, 2.75) is 25.4 Å². The largest absolute Gasteiger partial charge is 0.421 e. The molecule has 3 N–H and O–H groups in total. The molecule has 1 heterocycles. The van der Waals surface area contributed by atoms with Gasteiger partial charge in [-0.2, -0.15) is 23.3 Å². The number of guanidine groups is 1. The fraction of sp³-hybridized carbons (Fsp3) is 0.583. The van der Waals surface area contributed by atoms with Crippen LogP contribution in [0.4, 0.5) is 13.2 Å². The molecule has 1 rings (SSSR count). The predicted octanol–water partition coefficient (Wildman–Crippen LogP) is 1.47. The van der Waals surface area contributed by atoms with E-state index in [1.54, 1.807) is 4.90 Å². The third-order valence-corrected chi connectivity index (χ3v) is 2.90. The average Bonchev–Trinajstić information content (AvgIpc) is 2.44. The van der Waals surface area contributed by atoms with Gasteiger partial charge >= 0.3 is 6.18 Å². The monoisotopic (exact) mass is 304 g/mol. The molecule has 0 aromatic carbocycles. The van der Waals surface area contributed by atoms with Crippen molar-refractivity contribution in [1.82, 2.24) is 10.3 Å². The van der Waals surface area contributed by atoms with Gasteiger partial charge < -0.3 is 16.1 Å². The van der Waals surface area contributed by atoms with Gasteiger partial charge in [-0.1, -0.05) is 0 Å². The normalized spacial score (nSPS) is 18.7. The third-order valence-electron chi connectivity index (χ3n) is 2.90. The number of hydrogen-bond acceptors (Lipinski definition) is 4. The summed E-state index contributed by atoms with van der Waals surface area (Å²) < 4.78 is 38.7. The molecule has 0 spiro atoms. The Morgan fingerprint density at radius 3 is 2.38 bits per heavy atom. The van der Waals surface area contributed by atoms with Crippen LogP contribution in [-0.2, 0) is 0 Å². The molecule has 21 heavy (non-hydrogen) atoms. The first-order valence-corrected chi connectivity index (χ1v) is 6.47. The Balaban J connectivity index is 3.11. The van der Waals surface area contributed by atoms with Crippen LogP contribution in [0.15, 0.2) is 26.5 Å². The first kappa shape index (κ1) is 17.0. The van der Waals surface area contributed by atoms with Crippen molar-refractivity contribution in [3.8, 4) is 0 Å². The first-order valence-electron chi connectivity index (χ1n) is 6.47. The minimum Gasteiger partial charge on any atom is -0.383 e. The van der Waals surface area contributed by atoms with Crippen LogP contribution in [0.3, 0.4) is 0 Å². The van der Waals surface area contributed by atoms with Gasteiger partial charge in [-0.05, 0) is 26.0 Å². The number of rotatable bonds is 3. The molecule has 0 amide bonds.